The van der Waals surface area contributed by atoms with Gasteiger partial charge in [0.05, 0.1) is 6.61 Å². The van der Waals surface area contributed by atoms with Crippen molar-refractivity contribution in [1.82, 2.24) is 0 Å². The Kier molecular flexibility index (Phi) is 13.2. The third-order valence-electron chi connectivity index (χ3n) is 2.77. The van der Waals surface area contributed by atoms with E-state index in [1.165, 1.54) is 45.4 Å². The second-order valence-electron chi connectivity index (χ2n) is 4.59. The van der Waals surface area contributed by atoms with Crippen LogP contribution in [0.1, 0.15) is 64.7 Å². The third-order valence-corrected chi connectivity index (χ3v) is 2.77. The van der Waals surface area contributed by atoms with Crippen LogP contribution in [-0.4, -0.2) is 12.6 Å². The summed E-state index contributed by atoms with van der Waals surface area (Å²) in [7, 11) is 0. The molecule has 0 bridgehead atoms. The minimum Gasteiger partial charge on any atom is -0.466 e. The molecule has 2 nitrogen and oxygen atoms in total. The lowest BCUT2D eigenvalue weighted by molar-refractivity contribution is -0.141. The molecule has 0 saturated heterocycles. The maximum absolute atomic E-state index is 10.5. The molecule has 0 amide bonds. The van der Waals surface area contributed by atoms with E-state index in [9.17, 15) is 4.79 Å². The standard InChI is InChI=1S/C16H28O2/c1-3-4-5-6-7-8-9-10-11-12-13-14-15-18-16(2)17/h3,6-7H,1,4-5,8-15H2,2H3/b7-6-. The number of allylic oxidation sites excluding steroid dienone is 3. The smallest absolute Gasteiger partial charge is 0.302 e. The minimum absolute atomic E-state index is 0.168. The number of ether oxygens (including phenoxy) is 1. The van der Waals surface area contributed by atoms with Gasteiger partial charge in [0, 0.05) is 6.92 Å². The van der Waals surface area contributed by atoms with Crippen molar-refractivity contribution in [3.63, 3.8) is 0 Å². The van der Waals surface area contributed by atoms with Crippen molar-refractivity contribution >= 4 is 5.97 Å². The molecule has 0 fully saturated rings. The first-order valence-corrected chi connectivity index (χ1v) is 7.16. The molecule has 18 heavy (non-hydrogen) atoms. The van der Waals surface area contributed by atoms with Gasteiger partial charge in [-0.15, -0.1) is 6.58 Å². The van der Waals surface area contributed by atoms with Gasteiger partial charge in [-0.3, -0.25) is 4.79 Å². The molecule has 0 radical (unpaired) electrons. The first kappa shape index (κ1) is 16.9. The lowest BCUT2D eigenvalue weighted by atomic mass is 10.1. The number of hydrogen-bond donors (Lipinski definition) is 0. The van der Waals surface area contributed by atoms with Crippen LogP contribution >= 0.6 is 0 Å². The fraction of sp³-hybridized carbons (Fsp3) is 0.688. The number of rotatable bonds is 12. The summed E-state index contributed by atoms with van der Waals surface area (Å²) in [4.78, 5) is 10.5. The predicted molar refractivity (Wildman–Crippen MR) is 77.5 cm³/mol. The molecule has 0 aromatic rings. The predicted octanol–water partition coefficient (Wildman–Crippen LogP) is 4.80. The Labute approximate surface area is 112 Å². The van der Waals surface area contributed by atoms with Gasteiger partial charge in [-0.1, -0.05) is 43.9 Å². The summed E-state index contributed by atoms with van der Waals surface area (Å²) in [6.45, 7) is 5.74. The fourth-order valence-corrected chi connectivity index (χ4v) is 1.74. The normalized spacial score (nSPS) is 10.7. The Morgan fingerprint density at radius 3 is 2.22 bits per heavy atom. The van der Waals surface area contributed by atoms with Crippen LogP contribution < -0.4 is 0 Å². The van der Waals surface area contributed by atoms with Gasteiger partial charge in [-0.2, -0.15) is 0 Å². The highest BCUT2D eigenvalue weighted by Crippen LogP contribution is 2.08. The average molecular weight is 252 g/mol. The van der Waals surface area contributed by atoms with E-state index in [1.807, 2.05) is 6.08 Å². The molecule has 0 spiro atoms. The van der Waals surface area contributed by atoms with E-state index < -0.39 is 0 Å². The van der Waals surface area contributed by atoms with Crippen LogP contribution in [-0.2, 0) is 9.53 Å². The molecular formula is C16H28O2. The van der Waals surface area contributed by atoms with Crippen molar-refractivity contribution in [2.45, 2.75) is 64.7 Å². The van der Waals surface area contributed by atoms with Crippen molar-refractivity contribution in [2.24, 2.45) is 0 Å². The molecule has 0 aliphatic carbocycles. The van der Waals surface area contributed by atoms with Crippen molar-refractivity contribution in [2.75, 3.05) is 6.61 Å². The van der Waals surface area contributed by atoms with Gasteiger partial charge >= 0.3 is 5.97 Å². The van der Waals surface area contributed by atoms with E-state index in [1.54, 1.807) is 0 Å². The van der Waals surface area contributed by atoms with Gasteiger partial charge < -0.3 is 4.74 Å². The van der Waals surface area contributed by atoms with E-state index >= 15 is 0 Å². The van der Waals surface area contributed by atoms with Crippen LogP contribution in [0.2, 0.25) is 0 Å². The van der Waals surface area contributed by atoms with Crippen molar-refractivity contribution in [1.29, 1.82) is 0 Å². The van der Waals surface area contributed by atoms with Crippen molar-refractivity contribution < 1.29 is 9.53 Å². The van der Waals surface area contributed by atoms with Gasteiger partial charge in [-0.05, 0) is 32.1 Å². The first-order valence-electron chi connectivity index (χ1n) is 7.16. The van der Waals surface area contributed by atoms with Gasteiger partial charge in [-0.25, -0.2) is 0 Å². The van der Waals surface area contributed by atoms with E-state index in [4.69, 9.17) is 4.74 Å². The van der Waals surface area contributed by atoms with E-state index in [-0.39, 0.29) is 5.97 Å². The molecule has 0 saturated carbocycles. The van der Waals surface area contributed by atoms with Crippen LogP contribution in [0.3, 0.4) is 0 Å². The molecule has 0 aliphatic rings. The zero-order valence-electron chi connectivity index (χ0n) is 11.8. The summed E-state index contributed by atoms with van der Waals surface area (Å²) >= 11 is 0. The quantitative estimate of drug-likeness (QED) is 0.283. The van der Waals surface area contributed by atoms with Crippen molar-refractivity contribution in [3.8, 4) is 0 Å². The largest absolute Gasteiger partial charge is 0.466 e. The molecule has 0 aromatic heterocycles. The van der Waals surface area contributed by atoms with E-state index in [2.05, 4.69) is 18.7 Å². The van der Waals surface area contributed by atoms with Crippen LogP contribution in [0, 0.1) is 0 Å². The Morgan fingerprint density at radius 1 is 0.944 bits per heavy atom. The molecule has 0 aromatic carbocycles. The second-order valence-corrected chi connectivity index (χ2v) is 4.59. The highest BCUT2D eigenvalue weighted by molar-refractivity contribution is 5.65. The molecule has 0 heterocycles. The van der Waals surface area contributed by atoms with Crippen LogP contribution in [0.15, 0.2) is 24.8 Å². The summed E-state index contributed by atoms with van der Waals surface area (Å²) < 4.78 is 4.88. The van der Waals surface area contributed by atoms with Crippen LogP contribution in [0.5, 0.6) is 0 Å². The Morgan fingerprint density at radius 2 is 1.56 bits per heavy atom. The number of esters is 1. The second kappa shape index (κ2) is 14.0. The van der Waals surface area contributed by atoms with Crippen LogP contribution in [0.4, 0.5) is 0 Å². The Hall–Kier alpha value is -1.05. The number of carbonyl (C=O) groups excluding carboxylic acids is 1. The zero-order valence-corrected chi connectivity index (χ0v) is 11.8. The highest BCUT2D eigenvalue weighted by atomic mass is 16.5. The topological polar surface area (TPSA) is 26.3 Å². The Balaban J connectivity index is 3.05. The third kappa shape index (κ3) is 14.9. The minimum atomic E-state index is -0.168. The van der Waals surface area contributed by atoms with E-state index in [0.717, 1.165) is 19.3 Å². The lowest BCUT2D eigenvalue weighted by Gasteiger charge is -2.02. The summed E-state index contributed by atoms with van der Waals surface area (Å²) in [5.41, 5.74) is 0. The molecule has 0 rings (SSSR count). The number of carbonyl (C=O) groups is 1. The monoisotopic (exact) mass is 252 g/mol. The van der Waals surface area contributed by atoms with Gasteiger partial charge in [0.2, 0.25) is 0 Å². The van der Waals surface area contributed by atoms with Gasteiger partial charge in [0.1, 0.15) is 0 Å². The molecular weight excluding hydrogens is 224 g/mol. The first-order chi connectivity index (χ1) is 8.77. The lowest BCUT2D eigenvalue weighted by Crippen LogP contribution is -1.99. The maximum atomic E-state index is 10.5. The molecule has 0 unspecified atom stereocenters. The summed E-state index contributed by atoms with van der Waals surface area (Å²) in [6.07, 6.45) is 17.2. The highest BCUT2D eigenvalue weighted by Gasteiger charge is 1.93. The van der Waals surface area contributed by atoms with E-state index in [0.29, 0.717) is 6.61 Å². The molecule has 0 N–H and O–H groups in total. The summed E-state index contributed by atoms with van der Waals surface area (Å²) in [6, 6.07) is 0. The number of hydrogen-bond acceptors (Lipinski definition) is 2. The summed E-state index contributed by atoms with van der Waals surface area (Å²) in [5, 5.41) is 0. The Bertz CT molecular complexity index is 231. The zero-order chi connectivity index (χ0) is 13.5. The SMILES string of the molecule is C=CCC/C=C\CCCCCCCCOC(C)=O. The molecule has 0 atom stereocenters. The molecule has 0 aliphatic heterocycles. The van der Waals surface area contributed by atoms with Gasteiger partial charge in [0.15, 0.2) is 0 Å². The maximum Gasteiger partial charge on any atom is 0.302 e. The number of unbranched alkanes of at least 4 members (excludes halogenated alkanes) is 7. The summed E-state index contributed by atoms with van der Waals surface area (Å²) in [5.74, 6) is -0.168. The molecule has 104 valence electrons. The van der Waals surface area contributed by atoms with Crippen molar-refractivity contribution in [3.05, 3.63) is 24.8 Å². The van der Waals surface area contributed by atoms with Gasteiger partial charge in [0.25, 0.3) is 0 Å². The fourth-order valence-electron chi connectivity index (χ4n) is 1.74. The average Bonchev–Trinajstić information content (AvgIpc) is 2.34. The molecule has 2 heteroatoms. The van der Waals surface area contributed by atoms with Crippen LogP contribution in [0.25, 0.3) is 0 Å².